The van der Waals surface area contributed by atoms with Gasteiger partial charge in [-0.05, 0) is 24.6 Å². The lowest BCUT2D eigenvalue weighted by molar-refractivity contribution is 0.0550. The van der Waals surface area contributed by atoms with Gasteiger partial charge < -0.3 is 10.0 Å². The Morgan fingerprint density at radius 2 is 2.00 bits per heavy atom. The van der Waals surface area contributed by atoms with Gasteiger partial charge in [-0.15, -0.1) is 0 Å². The van der Waals surface area contributed by atoms with Gasteiger partial charge in [0.1, 0.15) is 5.82 Å². The van der Waals surface area contributed by atoms with E-state index < -0.39 is 36.2 Å². The van der Waals surface area contributed by atoms with Crippen LogP contribution in [0.2, 0.25) is 0 Å². The number of carbonyl (C=O) groups is 2. The molecule has 0 fully saturated rings. The Balaban J connectivity index is 3.02. The topological polar surface area (TPSA) is 57.6 Å². The number of aromatic carboxylic acids is 1. The number of amides is 1. The van der Waals surface area contributed by atoms with Gasteiger partial charge in [0.25, 0.3) is 12.3 Å². The summed E-state index contributed by atoms with van der Waals surface area (Å²) in [5, 5.41) is 8.69. The predicted octanol–water partition coefficient (Wildman–Crippen LogP) is 2.64. The van der Waals surface area contributed by atoms with Gasteiger partial charge in [0.2, 0.25) is 0 Å². The van der Waals surface area contributed by atoms with E-state index in [0.29, 0.717) is 12.5 Å². The quantitative estimate of drug-likeness (QED) is 0.876. The summed E-state index contributed by atoms with van der Waals surface area (Å²) in [6.45, 7) is 0.992. The molecule has 4 nitrogen and oxygen atoms in total. The van der Waals surface area contributed by atoms with Crippen LogP contribution in [0.4, 0.5) is 13.2 Å². The Morgan fingerprint density at radius 1 is 1.35 bits per heavy atom. The summed E-state index contributed by atoms with van der Waals surface area (Å²) in [6.07, 6.45) is -2.26. The standard InChI is InChI=1S/C13H14F3NO3/c1-2-5-17(7-11(15)16)12(18)9-4-3-8(13(19)20)6-10(9)14/h3-4,6,11H,2,5,7H2,1H3,(H,19,20). The summed E-state index contributed by atoms with van der Waals surface area (Å²) in [7, 11) is 0. The highest BCUT2D eigenvalue weighted by Gasteiger charge is 2.22. The summed E-state index contributed by atoms with van der Waals surface area (Å²) in [6, 6.07) is 2.75. The van der Waals surface area contributed by atoms with Gasteiger partial charge >= 0.3 is 5.97 Å². The fourth-order valence-electron chi connectivity index (χ4n) is 1.70. The second-order valence-corrected chi connectivity index (χ2v) is 4.14. The third kappa shape index (κ3) is 3.97. The first-order chi connectivity index (χ1) is 9.36. The van der Waals surface area contributed by atoms with Crippen molar-refractivity contribution >= 4 is 11.9 Å². The molecule has 0 aliphatic carbocycles. The molecule has 0 aliphatic heterocycles. The van der Waals surface area contributed by atoms with Gasteiger partial charge in [0.05, 0.1) is 17.7 Å². The number of alkyl halides is 2. The Labute approximate surface area is 113 Å². The minimum absolute atomic E-state index is 0.0727. The van der Waals surface area contributed by atoms with Crippen molar-refractivity contribution in [1.82, 2.24) is 4.90 Å². The summed E-state index contributed by atoms with van der Waals surface area (Å²) in [4.78, 5) is 23.5. The van der Waals surface area contributed by atoms with Crippen molar-refractivity contribution in [2.24, 2.45) is 0 Å². The van der Waals surface area contributed by atoms with Crippen molar-refractivity contribution in [1.29, 1.82) is 0 Å². The van der Waals surface area contributed by atoms with E-state index in [1.807, 2.05) is 0 Å². The largest absolute Gasteiger partial charge is 0.478 e. The summed E-state index contributed by atoms with van der Waals surface area (Å²) >= 11 is 0. The summed E-state index contributed by atoms with van der Waals surface area (Å²) in [5.41, 5.74) is -0.723. The average Bonchev–Trinajstić information content (AvgIpc) is 2.36. The number of rotatable bonds is 6. The molecule has 0 radical (unpaired) electrons. The molecular formula is C13H14F3NO3. The lowest BCUT2D eigenvalue weighted by Crippen LogP contribution is -2.36. The first kappa shape index (κ1) is 16.0. The van der Waals surface area contributed by atoms with Crippen LogP contribution in [0.1, 0.15) is 34.1 Å². The SMILES string of the molecule is CCCN(CC(F)F)C(=O)c1ccc(C(=O)O)cc1F. The molecule has 1 aromatic carbocycles. The molecule has 0 aliphatic rings. The molecule has 1 rings (SSSR count). The molecular weight excluding hydrogens is 275 g/mol. The molecule has 20 heavy (non-hydrogen) atoms. The van der Waals surface area contributed by atoms with E-state index in [1.165, 1.54) is 0 Å². The van der Waals surface area contributed by atoms with Crippen LogP contribution in [0.25, 0.3) is 0 Å². The van der Waals surface area contributed by atoms with Crippen LogP contribution in [0.15, 0.2) is 18.2 Å². The highest BCUT2D eigenvalue weighted by Crippen LogP contribution is 2.14. The molecule has 7 heteroatoms. The number of carboxylic acid groups (broad SMARTS) is 1. The van der Waals surface area contributed by atoms with E-state index in [-0.39, 0.29) is 12.1 Å². The van der Waals surface area contributed by atoms with Crippen molar-refractivity contribution in [3.05, 3.63) is 35.1 Å². The minimum atomic E-state index is -2.72. The third-order valence-corrected chi connectivity index (χ3v) is 2.59. The van der Waals surface area contributed by atoms with E-state index in [1.54, 1.807) is 6.92 Å². The zero-order valence-electron chi connectivity index (χ0n) is 10.8. The summed E-state index contributed by atoms with van der Waals surface area (Å²) < 4.78 is 38.5. The van der Waals surface area contributed by atoms with Crippen molar-refractivity contribution < 1.29 is 27.9 Å². The van der Waals surface area contributed by atoms with Crippen LogP contribution in [-0.4, -0.2) is 41.4 Å². The fourth-order valence-corrected chi connectivity index (χ4v) is 1.70. The monoisotopic (exact) mass is 289 g/mol. The van der Waals surface area contributed by atoms with Crippen LogP contribution in [0, 0.1) is 5.82 Å². The molecule has 0 atom stereocenters. The maximum atomic E-state index is 13.7. The highest BCUT2D eigenvalue weighted by atomic mass is 19.3. The highest BCUT2D eigenvalue weighted by molar-refractivity contribution is 5.96. The van der Waals surface area contributed by atoms with Gasteiger partial charge in [-0.1, -0.05) is 6.92 Å². The molecule has 0 saturated heterocycles. The Kier molecular flexibility index (Phi) is 5.54. The van der Waals surface area contributed by atoms with Crippen LogP contribution < -0.4 is 0 Å². The normalized spacial score (nSPS) is 10.7. The Bertz CT molecular complexity index is 506. The van der Waals surface area contributed by atoms with E-state index >= 15 is 0 Å². The first-order valence-electron chi connectivity index (χ1n) is 5.97. The maximum absolute atomic E-state index is 13.7. The number of halogens is 3. The first-order valence-corrected chi connectivity index (χ1v) is 5.97. The molecule has 0 bridgehead atoms. The van der Waals surface area contributed by atoms with Gasteiger partial charge in [-0.3, -0.25) is 4.79 Å². The Morgan fingerprint density at radius 3 is 2.45 bits per heavy atom. The number of carboxylic acids is 1. The van der Waals surface area contributed by atoms with Crippen LogP contribution >= 0.6 is 0 Å². The molecule has 0 spiro atoms. The molecule has 0 heterocycles. The third-order valence-electron chi connectivity index (χ3n) is 2.59. The van der Waals surface area contributed by atoms with Crippen LogP contribution in [-0.2, 0) is 0 Å². The number of carbonyl (C=O) groups excluding carboxylic acids is 1. The Hall–Kier alpha value is -2.05. The average molecular weight is 289 g/mol. The lowest BCUT2D eigenvalue weighted by atomic mass is 10.1. The number of hydrogen-bond donors (Lipinski definition) is 1. The molecule has 110 valence electrons. The van der Waals surface area contributed by atoms with Crippen molar-refractivity contribution in [3.63, 3.8) is 0 Å². The van der Waals surface area contributed by atoms with Crippen LogP contribution in [0.5, 0.6) is 0 Å². The maximum Gasteiger partial charge on any atom is 0.335 e. The molecule has 0 saturated carbocycles. The molecule has 0 unspecified atom stereocenters. The summed E-state index contributed by atoms with van der Waals surface area (Å²) in [5.74, 6) is -3.24. The smallest absolute Gasteiger partial charge is 0.335 e. The molecule has 0 aromatic heterocycles. The number of nitrogens with zero attached hydrogens (tertiary/aromatic N) is 1. The number of hydrogen-bond acceptors (Lipinski definition) is 2. The molecule has 1 aromatic rings. The van der Waals surface area contributed by atoms with E-state index in [9.17, 15) is 22.8 Å². The van der Waals surface area contributed by atoms with Gasteiger partial charge in [0, 0.05) is 6.54 Å². The lowest BCUT2D eigenvalue weighted by Gasteiger charge is -2.22. The van der Waals surface area contributed by atoms with E-state index in [2.05, 4.69) is 0 Å². The fraction of sp³-hybridized carbons (Fsp3) is 0.385. The molecule has 1 amide bonds. The van der Waals surface area contributed by atoms with Gasteiger partial charge in [0.15, 0.2) is 0 Å². The minimum Gasteiger partial charge on any atom is -0.478 e. The van der Waals surface area contributed by atoms with E-state index in [4.69, 9.17) is 5.11 Å². The van der Waals surface area contributed by atoms with Crippen LogP contribution in [0.3, 0.4) is 0 Å². The zero-order valence-corrected chi connectivity index (χ0v) is 10.8. The predicted molar refractivity (Wildman–Crippen MR) is 65.6 cm³/mol. The molecule has 1 N–H and O–H groups in total. The van der Waals surface area contributed by atoms with Crippen molar-refractivity contribution in [2.45, 2.75) is 19.8 Å². The van der Waals surface area contributed by atoms with Crippen molar-refractivity contribution in [2.75, 3.05) is 13.1 Å². The van der Waals surface area contributed by atoms with E-state index in [0.717, 1.165) is 17.0 Å². The van der Waals surface area contributed by atoms with Crippen molar-refractivity contribution in [3.8, 4) is 0 Å². The second-order valence-electron chi connectivity index (χ2n) is 4.14. The van der Waals surface area contributed by atoms with Gasteiger partial charge in [-0.25, -0.2) is 18.0 Å². The number of benzene rings is 1. The second kappa shape index (κ2) is 6.93. The zero-order chi connectivity index (χ0) is 15.3. The van der Waals surface area contributed by atoms with Gasteiger partial charge in [-0.2, -0.15) is 0 Å².